The molecule has 1 amide bonds. The van der Waals surface area contributed by atoms with Gasteiger partial charge in [-0.05, 0) is 24.0 Å². The van der Waals surface area contributed by atoms with E-state index in [-0.39, 0.29) is 5.91 Å². The van der Waals surface area contributed by atoms with E-state index in [1.165, 1.54) is 11.1 Å². The molecule has 2 rings (SSSR count). The first kappa shape index (κ1) is 20.5. The molecule has 2 aromatic rings. The van der Waals surface area contributed by atoms with Crippen molar-refractivity contribution >= 4 is 11.9 Å². The van der Waals surface area contributed by atoms with Gasteiger partial charge in [0.15, 0.2) is 5.96 Å². The highest BCUT2D eigenvalue weighted by Gasteiger charge is 2.07. The average Bonchev–Trinajstić information content (AvgIpc) is 2.69. The minimum absolute atomic E-state index is 0.0231. The lowest BCUT2D eigenvalue weighted by Gasteiger charge is -2.16. The van der Waals surface area contributed by atoms with E-state index in [1.807, 2.05) is 30.3 Å². The molecule has 0 radical (unpaired) electrons. The van der Waals surface area contributed by atoms with Gasteiger partial charge in [-0.15, -0.1) is 0 Å². The third-order valence-corrected chi connectivity index (χ3v) is 4.39. The highest BCUT2D eigenvalue weighted by molar-refractivity contribution is 5.81. The largest absolute Gasteiger partial charge is 0.356 e. The van der Waals surface area contributed by atoms with Crippen molar-refractivity contribution in [1.29, 1.82) is 0 Å². The van der Waals surface area contributed by atoms with E-state index < -0.39 is 0 Å². The van der Waals surface area contributed by atoms with Crippen molar-refractivity contribution in [3.63, 3.8) is 0 Å². The summed E-state index contributed by atoms with van der Waals surface area (Å²) in [5.74, 6) is 1.11. The minimum Gasteiger partial charge on any atom is -0.356 e. The van der Waals surface area contributed by atoms with Gasteiger partial charge in [0.25, 0.3) is 0 Å². The summed E-state index contributed by atoms with van der Waals surface area (Å²) in [6.07, 6.45) is 0.404. The summed E-state index contributed by atoms with van der Waals surface area (Å²) in [6, 6.07) is 18.4. The van der Waals surface area contributed by atoms with Crippen LogP contribution in [0.1, 0.15) is 36.0 Å². The highest BCUT2D eigenvalue weighted by atomic mass is 16.1. The zero-order valence-corrected chi connectivity index (χ0v) is 16.5. The van der Waals surface area contributed by atoms with Crippen molar-refractivity contribution in [2.24, 2.45) is 4.99 Å². The van der Waals surface area contributed by atoms with Crippen LogP contribution in [-0.2, 0) is 11.3 Å². The number of carbonyl (C=O) groups is 1. The van der Waals surface area contributed by atoms with Gasteiger partial charge in [-0.2, -0.15) is 0 Å². The molecule has 144 valence electrons. The zero-order chi connectivity index (χ0) is 19.5. The van der Waals surface area contributed by atoms with Gasteiger partial charge >= 0.3 is 0 Å². The molecule has 0 aliphatic carbocycles. The van der Waals surface area contributed by atoms with Crippen molar-refractivity contribution in [2.45, 2.75) is 32.7 Å². The lowest BCUT2D eigenvalue weighted by Crippen LogP contribution is -2.40. The first-order valence-electron chi connectivity index (χ1n) is 9.40. The molecule has 5 nitrogen and oxygen atoms in total. The number of benzene rings is 2. The van der Waals surface area contributed by atoms with E-state index in [9.17, 15) is 4.79 Å². The summed E-state index contributed by atoms with van der Waals surface area (Å²) in [7, 11) is 1.74. The number of guanidine groups is 1. The first-order chi connectivity index (χ1) is 13.1. The van der Waals surface area contributed by atoms with Crippen LogP contribution < -0.4 is 16.0 Å². The molecule has 0 saturated carbocycles. The van der Waals surface area contributed by atoms with Gasteiger partial charge in [-0.3, -0.25) is 9.79 Å². The minimum atomic E-state index is 0.0231. The van der Waals surface area contributed by atoms with E-state index in [0.29, 0.717) is 31.4 Å². The second-order valence-corrected chi connectivity index (χ2v) is 6.71. The van der Waals surface area contributed by atoms with Gasteiger partial charge in [-0.1, -0.05) is 67.1 Å². The molecule has 27 heavy (non-hydrogen) atoms. The Labute approximate surface area is 162 Å². The molecule has 3 N–H and O–H groups in total. The maximum absolute atomic E-state index is 12.0. The lowest BCUT2D eigenvalue weighted by atomic mass is 9.99. The Morgan fingerprint density at radius 2 is 1.81 bits per heavy atom. The number of hydrogen-bond acceptors (Lipinski definition) is 2. The van der Waals surface area contributed by atoms with E-state index in [1.54, 1.807) is 7.05 Å². The molecule has 1 unspecified atom stereocenters. The van der Waals surface area contributed by atoms with Gasteiger partial charge < -0.3 is 16.0 Å². The maximum Gasteiger partial charge on any atom is 0.222 e. The molecule has 0 aromatic heterocycles. The number of aliphatic imine (C=N–C) groups is 1. The molecule has 0 aliphatic heterocycles. The number of aryl methyl sites for hydroxylation is 1. The van der Waals surface area contributed by atoms with E-state index in [4.69, 9.17) is 0 Å². The van der Waals surface area contributed by atoms with E-state index in [0.717, 1.165) is 12.1 Å². The molecular weight excluding hydrogens is 336 g/mol. The smallest absolute Gasteiger partial charge is 0.222 e. The lowest BCUT2D eigenvalue weighted by molar-refractivity contribution is -0.121. The summed E-state index contributed by atoms with van der Waals surface area (Å²) >= 11 is 0. The first-order valence-corrected chi connectivity index (χ1v) is 9.40. The maximum atomic E-state index is 12.0. The summed E-state index contributed by atoms with van der Waals surface area (Å²) in [4.78, 5) is 16.2. The van der Waals surface area contributed by atoms with Crippen molar-refractivity contribution in [2.75, 3.05) is 20.1 Å². The number of hydrogen-bond donors (Lipinski definition) is 3. The monoisotopic (exact) mass is 366 g/mol. The van der Waals surface area contributed by atoms with Crippen LogP contribution in [0.5, 0.6) is 0 Å². The van der Waals surface area contributed by atoms with Crippen LogP contribution in [0.15, 0.2) is 59.6 Å². The van der Waals surface area contributed by atoms with Gasteiger partial charge in [0.05, 0.1) is 0 Å². The van der Waals surface area contributed by atoms with Gasteiger partial charge in [0.2, 0.25) is 5.91 Å². The van der Waals surface area contributed by atoms with Crippen molar-refractivity contribution < 1.29 is 4.79 Å². The topological polar surface area (TPSA) is 65.5 Å². The SMILES string of the molecule is CN=C(NCCC(=O)NCc1ccccc1)NCC(C)c1cccc(C)c1. The normalized spacial score (nSPS) is 12.3. The van der Waals surface area contributed by atoms with Crippen LogP contribution in [-0.4, -0.2) is 32.0 Å². The van der Waals surface area contributed by atoms with Crippen molar-refractivity contribution in [1.82, 2.24) is 16.0 Å². The van der Waals surface area contributed by atoms with Crippen LogP contribution in [0.3, 0.4) is 0 Å². The van der Waals surface area contributed by atoms with Crippen molar-refractivity contribution in [3.8, 4) is 0 Å². The fraction of sp³-hybridized carbons (Fsp3) is 0.364. The second-order valence-electron chi connectivity index (χ2n) is 6.71. The number of nitrogens with one attached hydrogen (secondary N) is 3. The van der Waals surface area contributed by atoms with E-state index in [2.05, 4.69) is 59.1 Å². The van der Waals surface area contributed by atoms with Crippen LogP contribution in [0.4, 0.5) is 0 Å². The molecule has 1 atom stereocenters. The fourth-order valence-electron chi connectivity index (χ4n) is 2.74. The third kappa shape index (κ3) is 7.52. The number of amides is 1. The molecule has 0 aliphatic rings. The third-order valence-electron chi connectivity index (χ3n) is 4.39. The number of rotatable bonds is 8. The predicted octanol–water partition coefficient (Wildman–Crippen LogP) is 2.97. The standard InChI is InChI=1S/C22H30N4O/c1-17-8-7-11-20(14-17)18(2)15-26-22(23-3)24-13-12-21(27)25-16-19-9-5-4-6-10-19/h4-11,14,18H,12-13,15-16H2,1-3H3,(H,25,27)(H2,23,24,26). The fourth-order valence-corrected chi connectivity index (χ4v) is 2.74. The molecular formula is C22H30N4O. The van der Waals surface area contributed by atoms with Gasteiger partial charge in [0.1, 0.15) is 0 Å². The predicted molar refractivity (Wildman–Crippen MR) is 112 cm³/mol. The van der Waals surface area contributed by atoms with Crippen LogP contribution in [0.25, 0.3) is 0 Å². The molecule has 0 fully saturated rings. The summed E-state index contributed by atoms with van der Waals surface area (Å²) in [5.41, 5.74) is 3.67. The Morgan fingerprint density at radius 1 is 1.04 bits per heavy atom. The zero-order valence-electron chi connectivity index (χ0n) is 16.5. The summed E-state index contributed by atoms with van der Waals surface area (Å²) in [6.45, 7) is 6.17. The molecule has 0 saturated heterocycles. The van der Waals surface area contributed by atoms with Gasteiger partial charge in [-0.25, -0.2) is 0 Å². The Balaban J connectivity index is 1.67. The summed E-state index contributed by atoms with van der Waals surface area (Å²) in [5, 5.41) is 9.45. The number of nitrogens with zero attached hydrogens (tertiary/aromatic N) is 1. The quantitative estimate of drug-likeness (QED) is 0.497. The Hall–Kier alpha value is -2.82. The second kappa shape index (κ2) is 11.0. The van der Waals surface area contributed by atoms with Crippen LogP contribution in [0.2, 0.25) is 0 Å². The van der Waals surface area contributed by atoms with Crippen LogP contribution in [0, 0.1) is 6.92 Å². The molecule has 0 spiro atoms. The molecule has 5 heteroatoms. The summed E-state index contributed by atoms with van der Waals surface area (Å²) < 4.78 is 0. The average molecular weight is 367 g/mol. The van der Waals surface area contributed by atoms with Crippen LogP contribution >= 0.6 is 0 Å². The Bertz CT molecular complexity index is 743. The molecule has 0 heterocycles. The van der Waals surface area contributed by atoms with E-state index >= 15 is 0 Å². The molecule has 2 aromatic carbocycles. The van der Waals surface area contributed by atoms with Gasteiger partial charge in [0, 0.05) is 33.1 Å². The highest BCUT2D eigenvalue weighted by Crippen LogP contribution is 2.15. The number of carbonyl (C=O) groups excluding carboxylic acids is 1. The molecule has 0 bridgehead atoms. The Morgan fingerprint density at radius 3 is 2.52 bits per heavy atom. The Kier molecular flexibility index (Phi) is 8.36. The van der Waals surface area contributed by atoms with Crippen molar-refractivity contribution in [3.05, 3.63) is 71.3 Å².